The Morgan fingerprint density at radius 3 is 2.41 bits per heavy atom. The molecule has 1 rings (SSSR count). The number of rotatable bonds is 4. The summed E-state index contributed by atoms with van der Waals surface area (Å²) in [4.78, 5) is 11.3. The first-order chi connectivity index (χ1) is 7.71. The standard InChI is InChI=1S/C12H13ClF2O2/c1-7(2)17-9-4-5-10(8(3)6-9)11(16)12(13,14)15/h4-7H,1-3H3. The summed E-state index contributed by atoms with van der Waals surface area (Å²) in [5.74, 6) is -0.861. The van der Waals surface area contributed by atoms with Crippen LogP contribution in [0, 0.1) is 6.92 Å². The molecule has 0 bridgehead atoms. The number of ketones is 1. The smallest absolute Gasteiger partial charge is 0.384 e. The van der Waals surface area contributed by atoms with Crippen LogP contribution in [-0.4, -0.2) is 17.3 Å². The van der Waals surface area contributed by atoms with Gasteiger partial charge in [0, 0.05) is 5.56 Å². The minimum Gasteiger partial charge on any atom is -0.491 e. The van der Waals surface area contributed by atoms with E-state index < -0.39 is 11.2 Å². The number of carbonyl (C=O) groups is 1. The highest BCUT2D eigenvalue weighted by atomic mass is 35.5. The molecule has 5 heteroatoms. The summed E-state index contributed by atoms with van der Waals surface area (Å²) in [6.07, 6.45) is -0.0228. The summed E-state index contributed by atoms with van der Waals surface area (Å²) in [5, 5.41) is -3.87. The number of ether oxygens (including phenoxy) is 1. The molecule has 1 aromatic carbocycles. The summed E-state index contributed by atoms with van der Waals surface area (Å²) < 4.78 is 30.7. The third-order valence-corrected chi connectivity index (χ3v) is 2.24. The van der Waals surface area contributed by atoms with E-state index in [4.69, 9.17) is 16.3 Å². The molecule has 0 heterocycles. The Hall–Kier alpha value is -1.16. The Labute approximate surface area is 104 Å². The van der Waals surface area contributed by atoms with Gasteiger partial charge in [-0.05, 0) is 56.1 Å². The Bertz CT molecular complexity index is 425. The van der Waals surface area contributed by atoms with Crippen LogP contribution in [0.1, 0.15) is 29.8 Å². The average molecular weight is 263 g/mol. The molecule has 17 heavy (non-hydrogen) atoms. The fourth-order valence-electron chi connectivity index (χ4n) is 1.39. The van der Waals surface area contributed by atoms with E-state index in [1.807, 2.05) is 13.8 Å². The van der Waals surface area contributed by atoms with Gasteiger partial charge in [-0.3, -0.25) is 4.79 Å². The van der Waals surface area contributed by atoms with E-state index in [2.05, 4.69) is 0 Å². The van der Waals surface area contributed by atoms with Crippen molar-refractivity contribution in [1.82, 2.24) is 0 Å². The molecule has 0 saturated heterocycles. The zero-order valence-electron chi connectivity index (χ0n) is 9.76. The van der Waals surface area contributed by atoms with Crippen LogP contribution < -0.4 is 4.74 Å². The van der Waals surface area contributed by atoms with Gasteiger partial charge in [0.05, 0.1) is 6.10 Å². The summed E-state index contributed by atoms with van der Waals surface area (Å²) in [6, 6.07) is 4.31. The lowest BCUT2D eigenvalue weighted by Crippen LogP contribution is -2.22. The topological polar surface area (TPSA) is 26.3 Å². The number of Topliss-reactive ketones (excluding diaryl/α,β-unsaturated/α-hetero) is 1. The molecule has 0 saturated carbocycles. The normalized spacial score (nSPS) is 11.7. The second kappa shape index (κ2) is 5.00. The van der Waals surface area contributed by atoms with Crippen LogP contribution >= 0.6 is 11.6 Å². The van der Waals surface area contributed by atoms with Crippen molar-refractivity contribution in [3.05, 3.63) is 29.3 Å². The van der Waals surface area contributed by atoms with E-state index in [0.717, 1.165) is 0 Å². The highest BCUT2D eigenvalue weighted by Gasteiger charge is 2.37. The summed E-state index contributed by atoms with van der Waals surface area (Å²) in [7, 11) is 0. The molecule has 0 spiro atoms. The molecule has 0 aromatic heterocycles. The van der Waals surface area contributed by atoms with Gasteiger partial charge >= 0.3 is 5.38 Å². The predicted molar refractivity (Wildman–Crippen MR) is 62.1 cm³/mol. The van der Waals surface area contributed by atoms with Crippen LogP contribution in [0.2, 0.25) is 0 Å². The second-order valence-corrected chi connectivity index (χ2v) is 4.44. The molecule has 0 unspecified atom stereocenters. The number of alkyl halides is 3. The van der Waals surface area contributed by atoms with Crippen molar-refractivity contribution >= 4 is 17.4 Å². The first-order valence-electron chi connectivity index (χ1n) is 5.10. The first kappa shape index (κ1) is 13.9. The lowest BCUT2D eigenvalue weighted by molar-refractivity contribution is 0.0535. The monoisotopic (exact) mass is 262 g/mol. The Morgan fingerprint density at radius 1 is 1.41 bits per heavy atom. The molecule has 0 atom stereocenters. The maximum Gasteiger partial charge on any atom is 0.384 e. The van der Waals surface area contributed by atoms with Crippen LogP contribution in [0.5, 0.6) is 5.75 Å². The fourth-order valence-corrected chi connectivity index (χ4v) is 1.49. The van der Waals surface area contributed by atoms with Crippen LogP contribution in [0.25, 0.3) is 0 Å². The highest BCUT2D eigenvalue weighted by Crippen LogP contribution is 2.27. The molecule has 0 fully saturated rings. The summed E-state index contributed by atoms with van der Waals surface area (Å²) in [5.41, 5.74) is 0.314. The Kier molecular flexibility index (Phi) is 4.09. The van der Waals surface area contributed by atoms with E-state index in [1.165, 1.54) is 18.2 Å². The highest BCUT2D eigenvalue weighted by molar-refractivity contribution is 6.35. The molecule has 0 amide bonds. The summed E-state index contributed by atoms with van der Waals surface area (Å²) >= 11 is 4.70. The minimum atomic E-state index is -3.87. The van der Waals surface area contributed by atoms with Gasteiger partial charge in [-0.25, -0.2) is 0 Å². The van der Waals surface area contributed by atoms with Crippen molar-refractivity contribution in [2.75, 3.05) is 0 Å². The van der Waals surface area contributed by atoms with Gasteiger partial charge in [0.25, 0.3) is 0 Å². The van der Waals surface area contributed by atoms with Gasteiger partial charge in [0.1, 0.15) is 5.75 Å². The van der Waals surface area contributed by atoms with E-state index in [9.17, 15) is 13.6 Å². The largest absolute Gasteiger partial charge is 0.491 e. The SMILES string of the molecule is Cc1cc(OC(C)C)ccc1C(=O)C(F)(F)Cl. The van der Waals surface area contributed by atoms with Gasteiger partial charge in [0.2, 0.25) is 5.78 Å². The van der Waals surface area contributed by atoms with Crippen molar-refractivity contribution in [1.29, 1.82) is 0 Å². The van der Waals surface area contributed by atoms with E-state index in [-0.39, 0.29) is 11.7 Å². The second-order valence-electron chi connectivity index (χ2n) is 3.97. The van der Waals surface area contributed by atoms with Crippen molar-refractivity contribution in [3.8, 4) is 5.75 Å². The van der Waals surface area contributed by atoms with Crippen LogP contribution in [0.3, 0.4) is 0 Å². The van der Waals surface area contributed by atoms with Gasteiger partial charge in [0.15, 0.2) is 0 Å². The third kappa shape index (κ3) is 3.66. The first-order valence-corrected chi connectivity index (χ1v) is 5.48. The quantitative estimate of drug-likeness (QED) is 0.609. The average Bonchev–Trinajstić information content (AvgIpc) is 2.14. The Morgan fingerprint density at radius 2 is 2.00 bits per heavy atom. The van der Waals surface area contributed by atoms with Crippen molar-refractivity contribution in [2.45, 2.75) is 32.3 Å². The minimum absolute atomic E-state index is 0.0228. The molecule has 2 nitrogen and oxygen atoms in total. The third-order valence-electron chi connectivity index (χ3n) is 2.07. The maximum atomic E-state index is 12.7. The van der Waals surface area contributed by atoms with E-state index in [0.29, 0.717) is 11.3 Å². The van der Waals surface area contributed by atoms with Gasteiger partial charge in [-0.2, -0.15) is 8.78 Å². The Balaban J connectivity index is 3.02. The fraction of sp³-hybridized carbons (Fsp3) is 0.417. The van der Waals surface area contributed by atoms with Crippen LogP contribution in [-0.2, 0) is 0 Å². The lowest BCUT2D eigenvalue weighted by atomic mass is 10.0. The molecule has 0 aliphatic heterocycles. The number of carbonyl (C=O) groups excluding carboxylic acids is 1. The zero-order valence-corrected chi connectivity index (χ0v) is 10.5. The van der Waals surface area contributed by atoms with Crippen LogP contribution in [0.4, 0.5) is 8.78 Å². The number of benzene rings is 1. The number of hydrogen-bond acceptors (Lipinski definition) is 2. The molecule has 0 aliphatic carbocycles. The van der Waals surface area contributed by atoms with E-state index in [1.54, 1.807) is 6.92 Å². The molecule has 94 valence electrons. The predicted octanol–water partition coefficient (Wildman–Crippen LogP) is 3.80. The number of aryl methyl sites for hydroxylation is 1. The molecule has 1 aromatic rings. The van der Waals surface area contributed by atoms with E-state index >= 15 is 0 Å². The van der Waals surface area contributed by atoms with Gasteiger partial charge in [-0.1, -0.05) is 0 Å². The van der Waals surface area contributed by atoms with Gasteiger partial charge in [-0.15, -0.1) is 0 Å². The van der Waals surface area contributed by atoms with Crippen molar-refractivity contribution in [2.24, 2.45) is 0 Å². The van der Waals surface area contributed by atoms with Crippen LogP contribution in [0.15, 0.2) is 18.2 Å². The molecular formula is C12H13ClF2O2. The zero-order chi connectivity index (χ0) is 13.2. The number of halogens is 3. The summed E-state index contributed by atoms with van der Waals surface area (Å²) in [6.45, 7) is 5.26. The molecule has 0 radical (unpaired) electrons. The molecule has 0 aliphatic rings. The lowest BCUT2D eigenvalue weighted by Gasteiger charge is -2.13. The molecule has 0 N–H and O–H groups in total. The number of hydrogen-bond donors (Lipinski definition) is 0. The van der Waals surface area contributed by atoms with Crippen molar-refractivity contribution in [3.63, 3.8) is 0 Å². The maximum absolute atomic E-state index is 12.7. The molecular weight excluding hydrogens is 250 g/mol. The van der Waals surface area contributed by atoms with Crippen molar-refractivity contribution < 1.29 is 18.3 Å². The van der Waals surface area contributed by atoms with Gasteiger partial charge < -0.3 is 4.74 Å².